The molecule has 1 aromatic heterocycles. The number of H-pyrrole nitrogens is 1. The minimum atomic E-state index is -4.16. The van der Waals surface area contributed by atoms with Gasteiger partial charge in [-0.3, -0.25) is 4.31 Å². The molecule has 2 N–H and O–H groups in total. The molecule has 7 rings (SSSR count). The third-order valence-electron chi connectivity index (χ3n) is 9.03. The number of aromatic nitrogens is 2. The van der Waals surface area contributed by atoms with Gasteiger partial charge in [0, 0.05) is 31.9 Å². The van der Waals surface area contributed by atoms with Gasteiger partial charge in [0.05, 0.1) is 34.2 Å². The van der Waals surface area contributed by atoms with Crippen molar-refractivity contribution < 1.29 is 8.42 Å². The number of sulfonamides is 1. The lowest BCUT2D eigenvalue weighted by atomic mass is 9.63. The average Bonchev–Trinajstić information content (AvgIpc) is 3.69. The Kier molecular flexibility index (Phi) is 8.61. The summed E-state index contributed by atoms with van der Waals surface area (Å²) < 4.78 is 32.1. The van der Waals surface area contributed by atoms with Crippen LogP contribution in [0.3, 0.4) is 0 Å². The monoisotopic (exact) mass is 639 g/mol. The first-order valence-corrected chi connectivity index (χ1v) is 17.3. The number of hydrogen-bond acceptors (Lipinski definition) is 5. The molecule has 1 atom stereocenters. The van der Waals surface area contributed by atoms with Crippen molar-refractivity contribution >= 4 is 21.4 Å². The number of nitrogens with one attached hydrogen (secondary N) is 2. The van der Waals surface area contributed by atoms with Crippen LogP contribution in [0, 0.1) is 0 Å². The second-order valence-corrected chi connectivity index (χ2v) is 13.5. The number of imidazole rings is 1. The Balaban J connectivity index is 1.56. The van der Waals surface area contributed by atoms with Gasteiger partial charge in [-0.25, -0.2) is 13.4 Å². The number of nitrogens with zero attached hydrogens (tertiary/aromatic N) is 3. The quantitative estimate of drug-likeness (QED) is 0.161. The molecule has 0 saturated carbocycles. The van der Waals surface area contributed by atoms with E-state index in [1.807, 2.05) is 84.9 Å². The summed E-state index contributed by atoms with van der Waals surface area (Å²) in [5.74, 6) is 0. The smallest absolute Gasteiger partial charge is 0.264 e. The standard InChI is InChI=1S/C39H37N5O2S/c45-47(46,36-19-11-4-12-20-36)44(35-23-21-34(22-24-35)43-27-25-40-26-28-43)38(37-29-41-30-42-37)39(31-13-5-1-6-14-31,32-15-7-2-8-16-32)33-17-9-3-10-18-33/h1-24,29-30,38,40H,25-28H2,(H,41,42). The van der Waals surface area contributed by atoms with Gasteiger partial charge >= 0.3 is 0 Å². The summed E-state index contributed by atoms with van der Waals surface area (Å²) in [5.41, 5.74) is 4.10. The highest BCUT2D eigenvalue weighted by Crippen LogP contribution is 2.53. The first-order chi connectivity index (χ1) is 23.1. The maximum Gasteiger partial charge on any atom is 0.264 e. The third-order valence-corrected chi connectivity index (χ3v) is 10.8. The van der Waals surface area contributed by atoms with E-state index in [-0.39, 0.29) is 4.90 Å². The van der Waals surface area contributed by atoms with Crippen molar-refractivity contribution in [3.8, 4) is 0 Å². The van der Waals surface area contributed by atoms with Gasteiger partial charge in [-0.15, -0.1) is 0 Å². The lowest BCUT2D eigenvalue weighted by Crippen LogP contribution is -2.49. The number of aromatic amines is 1. The van der Waals surface area contributed by atoms with E-state index in [9.17, 15) is 0 Å². The maximum absolute atomic E-state index is 15.3. The summed E-state index contributed by atoms with van der Waals surface area (Å²) in [7, 11) is -4.16. The molecule has 1 unspecified atom stereocenters. The lowest BCUT2D eigenvalue weighted by Gasteiger charge is -2.47. The molecule has 5 aromatic carbocycles. The highest BCUT2D eigenvalue weighted by Gasteiger charge is 2.51. The van der Waals surface area contributed by atoms with Gasteiger partial charge < -0.3 is 15.2 Å². The van der Waals surface area contributed by atoms with E-state index in [1.165, 1.54) is 0 Å². The SMILES string of the molecule is O=S(=O)(c1ccccc1)N(c1ccc(N2CCNCC2)cc1)C(c1cnc[nH]1)C(c1ccccc1)(c1ccccc1)c1ccccc1. The lowest BCUT2D eigenvalue weighted by molar-refractivity contribution is 0.474. The van der Waals surface area contributed by atoms with E-state index in [0.717, 1.165) is 48.6 Å². The Morgan fingerprint density at radius 2 is 1.15 bits per heavy atom. The molecule has 236 valence electrons. The highest BCUT2D eigenvalue weighted by atomic mass is 32.2. The fourth-order valence-corrected chi connectivity index (χ4v) is 8.57. The topological polar surface area (TPSA) is 81.3 Å². The molecular weight excluding hydrogens is 603 g/mol. The van der Waals surface area contributed by atoms with Crippen LogP contribution in [0.25, 0.3) is 0 Å². The fraction of sp³-hybridized carbons (Fsp3) is 0.154. The van der Waals surface area contributed by atoms with Crippen LogP contribution < -0.4 is 14.5 Å². The molecule has 1 aliphatic rings. The first kappa shape index (κ1) is 30.5. The van der Waals surface area contributed by atoms with Crippen LogP contribution in [0.4, 0.5) is 11.4 Å². The van der Waals surface area contributed by atoms with E-state index >= 15 is 8.42 Å². The first-order valence-electron chi connectivity index (χ1n) is 15.9. The van der Waals surface area contributed by atoms with E-state index in [1.54, 1.807) is 41.1 Å². The van der Waals surface area contributed by atoms with Crippen LogP contribution in [0.5, 0.6) is 0 Å². The summed E-state index contributed by atoms with van der Waals surface area (Å²) >= 11 is 0. The predicted octanol–water partition coefficient (Wildman–Crippen LogP) is 6.79. The number of piperazine rings is 1. The van der Waals surface area contributed by atoms with E-state index < -0.39 is 21.5 Å². The van der Waals surface area contributed by atoms with Crippen molar-refractivity contribution in [1.82, 2.24) is 15.3 Å². The molecule has 2 heterocycles. The van der Waals surface area contributed by atoms with E-state index in [0.29, 0.717) is 11.4 Å². The van der Waals surface area contributed by atoms with Crippen LogP contribution in [-0.4, -0.2) is 44.6 Å². The summed E-state index contributed by atoms with van der Waals surface area (Å²) in [6, 6.07) is 46.4. The maximum atomic E-state index is 15.3. The fourth-order valence-electron chi connectivity index (χ4n) is 6.89. The normalized spacial score (nSPS) is 14.4. The van der Waals surface area contributed by atoms with Gasteiger partial charge in [0.2, 0.25) is 0 Å². The predicted molar refractivity (Wildman–Crippen MR) is 188 cm³/mol. The zero-order valence-corrected chi connectivity index (χ0v) is 26.8. The molecular formula is C39H37N5O2S. The molecule has 7 nitrogen and oxygen atoms in total. The van der Waals surface area contributed by atoms with Crippen molar-refractivity contribution in [3.05, 3.63) is 181 Å². The molecule has 6 aromatic rings. The van der Waals surface area contributed by atoms with Crippen molar-refractivity contribution in [1.29, 1.82) is 0 Å². The van der Waals surface area contributed by atoms with Crippen molar-refractivity contribution in [2.75, 3.05) is 35.4 Å². The van der Waals surface area contributed by atoms with Gasteiger partial charge in [-0.1, -0.05) is 109 Å². The van der Waals surface area contributed by atoms with Crippen molar-refractivity contribution in [3.63, 3.8) is 0 Å². The number of benzene rings is 5. The van der Waals surface area contributed by atoms with Crippen molar-refractivity contribution in [2.24, 2.45) is 0 Å². The summed E-state index contributed by atoms with van der Waals surface area (Å²) in [6.07, 6.45) is 3.37. The Hall–Kier alpha value is -5.18. The van der Waals surface area contributed by atoms with Crippen LogP contribution in [0.1, 0.15) is 28.4 Å². The molecule has 0 aliphatic carbocycles. The van der Waals surface area contributed by atoms with Gasteiger partial charge in [0.25, 0.3) is 10.0 Å². The second-order valence-electron chi connectivity index (χ2n) is 11.7. The zero-order chi connectivity index (χ0) is 32.1. The second kappa shape index (κ2) is 13.3. The van der Waals surface area contributed by atoms with Crippen LogP contribution in [-0.2, 0) is 15.4 Å². The third kappa shape index (κ3) is 5.71. The van der Waals surface area contributed by atoms with Crippen LogP contribution in [0.2, 0.25) is 0 Å². The molecule has 1 fully saturated rings. The minimum absolute atomic E-state index is 0.207. The molecule has 1 saturated heterocycles. The number of anilines is 2. The summed E-state index contributed by atoms with van der Waals surface area (Å²) in [4.78, 5) is 10.3. The van der Waals surface area contributed by atoms with E-state index in [2.05, 4.69) is 56.6 Å². The summed E-state index contributed by atoms with van der Waals surface area (Å²) in [6.45, 7) is 3.60. The molecule has 1 aliphatic heterocycles. The largest absolute Gasteiger partial charge is 0.369 e. The molecule has 0 radical (unpaired) electrons. The molecule has 0 spiro atoms. The van der Waals surface area contributed by atoms with Crippen LogP contribution >= 0.6 is 0 Å². The molecule has 8 heteroatoms. The van der Waals surface area contributed by atoms with Crippen LogP contribution in [0.15, 0.2) is 163 Å². The minimum Gasteiger partial charge on any atom is -0.369 e. The van der Waals surface area contributed by atoms with E-state index in [4.69, 9.17) is 0 Å². The Bertz CT molecular complexity index is 1870. The average molecular weight is 640 g/mol. The van der Waals surface area contributed by atoms with Gasteiger partial charge in [0.1, 0.15) is 6.04 Å². The number of hydrogen-bond donors (Lipinski definition) is 2. The molecule has 47 heavy (non-hydrogen) atoms. The Labute approximate surface area is 276 Å². The molecule has 0 amide bonds. The highest BCUT2D eigenvalue weighted by molar-refractivity contribution is 7.92. The summed E-state index contributed by atoms with van der Waals surface area (Å²) in [5, 5.41) is 3.41. The molecule has 0 bridgehead atoms. The van der Waals surface area contributed by atoms with Gasteiger partial charge in [-0.05, 0) is 53.1 Å². The Morgan fingerprint density at radius 3 is 1.62 bits per heavy atom. The van der Waals surface area contributed by atoms with Gasteiger partial charge in [-0.2, -0.15) is 0 Å². The van der Waals surface area contributed by atoms with Crippen molar-refractivity contribution in [2.45, 2.75) is 16.4 Å². The Morgan fingerprint density at radius 1 is 0.660 bits per heavy atom. The zero-order valence-electron chi connectivity index (χ0n) is 26.0. The van der Waals surface area contributed by atoms with Gasteiger partial charge in [0.15, 0.2) is 0 Å². The number of rotatable bonds is 10.